The Bertz CT molecular complexity index is 197. The Morgan fingerprint density at radius 2 is 2.00 bits per heavy atom. The summed E-state index contributed by atoms with van der Waals surface area (Å²) < 4.78 is 0. The van der Waals surface area contributed by atoms with Crippen molar-refractivity contribution < 1.29 is 0 Å². The monoisotopic (exact) mass is 212 g/mol. The minimum Gasteiger partial charge on any atom is -0.316 e. The van der Waals surface area contributed by atoms with Crippen molar-refractivity contribution >= 4 is 0 Å². The van der Waals surface area contributed by atoms with Crippen LogP contribution in [-0.4, -0.2) is 37.6 Å². The lowest BCUT2D eigenvalue weighted by Crippen LogP contribution is -2.40. The van der Waals surface area contributed by atoms with Gasteiger partial charge in [-0.05, 0) is 30.3 Å². The molecule has 1 saturated heterocycles. The number of likely N-dealkylation sites (tertiary alicyclic amines) is 1. The van der Waals surface area contributed by atoms with Crippen LogP contribution in [0, 0.1) is 10.8 Å². The summed E-state index contributed by atoms with van der Waals surface area (Å²) in [5.41, 5.74) is 0.935. The molecule has 1 N–H and O–H groups in total. The highest BCUT2D eigenvalue weighted by Crippen LogP contribution is 2.30. The largest absolute Gasteiger partial charge is 0.316 e. The second-order valence-corrected chi connectivity index (χ2v) is 6.57. The van der Waals surface area contributed by atoms with Gasteiger partial charge < -0.3 is 10.2 Å². The number of nitrogens with zero attached hydrogens (tertiary/aromatic N) is 1. The number of hydrogen-bond acceptors (Lipinski definition) is 2. The first-order valence-corrected chi connectivity index (χ1v) is 6.28. The third kappa shape index (κ3) is 4.52. The molecule has 0 saturated carbocycles. The van der Waals surface area contributed by atoms with Crippen molar-refractivity contribution in [3.63, 3.8) is 0 Å². The highest BCUT2D eigenvalue weighted by Gasteiger charge is 2.32. The molecule has 0 aliphatic carbocycles. The van der Waals surface area contributed by atoms with Crippen molar-refractivity contribution in [2.75, 3.05) is 32.7 Å². The van der Waals surface area contributed by atoms with Gasteiger partial charge in [0.1, 0.15) is 0 Å². The van der Waals surface area contributed by atoms with Crippen molar-refractivity contribution in [1.29, 1.82) is 0 Å². The molecule has 1 heterocycles. The van der Waals surface area contributed by atoms with Gasteiger partial charge in [-0.1, -0.05) is 34.6 Å². The summed E-state index contributed by atoms with van der Waals surface area (Å²) >= 11 is 0. The smallest absolute Gasteiger partial charge is 0.00451 e. The Morgan fingerprint density at radius 1 is 1.33 bits per heavy atom. The first-order valence-electron chi connectivity index (χ1n) is 6.28. The van der Waals surface area contributed by atoms with Crippen LogP contribution in [0.2, 0.25) is 0 Å². The molecule has 0 radical (unpaired) electrons. The fraction of sp³-hybridized carbons (Fsp3) is 1.00. The van der Waals surface area contributed by atoms with Crippen LogP contribution in [0.25, 0.3) is 0 Å². The van der Waals surface area contributed by atoms with E-state index in [1.807, 2.05) is 0 Å². The standard InChI is InChI=1S/C13H28N2/c1-6-14-9-13(4,5)11-15-8-7-12(2,3)10-15/h14H,6-11H2,1-5H3. The molecule has 0 spiro atoms. The summed E-state index contributed by atoms with van der Waals surface area (Å²) in [6.45, 7) is 17.6. The van der Waals surface area contributed by atoms with E-state index in [1.165, 1.54) is 26.1 Å². The van der Waals surface area contributed by atoms with Crippen LogP contribution in [0.1, 0.15) is 41.0 Å². The van der Waals surface area contributed by atoms with Gasteiger partial charge in [0.2, 0.25) is 0 Å². The molecule has 1 aliphatic heterocycles. The topological polar surface area (TPSA) is 15.3 Å². The maximum atomic E-state index is 3.46. The SMILES string of the molecule is CCNCC(C)(C)CN1CCC(C)(C)C1. The van der Waals surface area contributed by atoms with Crippen LogP contribution < -0.4 is 5.32 Å². The Balaban J connectivity index is 2.35. The van der Waals surface area contributed by atoms with Gasteiger partial charge in [0.15, 0.2) is 0 Å². The molecule has 0 aromatic carbocycles. The molecule has 2 nitrogen and oxygen atoms in total. The average molecular weight is 212 g/mol. The molecule has 0 aromatic rings. The predicted molar refractivity (Wildman–Crippen MR) is 67.2 cm³/mol. The second-order valence-electron chi connectivity index (χ2n) is 6.57. The van der Waals surface area contributed by atoms with Gasteiger partial charge in [0.05, 0.1) is 0 Å². The van der Waals surface area contributed by atoms with Crippen LogP contribution >= 0.6 is 0 Å². The highest BCUT2D eigenvalue weighted by molar-refractivity contribution is 4.86. The number of rotatable bonds is 5. The Hall–Kier alpha value is -0.0800. The molecule has 90 valence electrons. The van der Waals surface area contributed by atoms with E-state index in [9.17, 15) is 0 Å². The first-order chi connectivity index (χ1) is 6.85. The fourth-order valence-electron chi connectivity index (χ4n) is 2.48. The van der Waals surface area contributed by atoms with Crippen molar-refractivity contribution in [3.05, 3.63) is 0 Å². The Labute approximate surface area is 95.4 Å². The van der Waals surface area contributed by atoms with Gasteiger partial charge in [0.25, 0.3) is 0 Å². The van der Waals surface area contributed by atoms with E-state index in [4.69, 9.17) is 0 Å². The van der Waals surface area contributed by atoms with Crippen LogP contribution in [-0.2, 0) is 0 Å². The lowest BCUT2D eigenvalue weighted by Gasteiger charge is -2.31. The van der Waals surface area contributed by atoms with Crippen molar-refractivity contribution in [2.45, 2.75) is 41.0 Å². The zero-order valence-electron chi connectivity index (χ0n) is 11.2. The quantitative estimate of drug-likeness (QED) is 0.752. The Morgan fingerprint density at radius 3 is 2.47 bits per heavy atom. The first kappa shape index (κ1) is 13.0. The molecule has 0 amide bonds. The zero-order valence-corrected chi connectivity index (χ0v) is 11.2. The summed E-state index contributed by atoms with van der Waals surface area (Å²) in [5.74, 6) is 0. The van der Waals surface area contributed by atoms with Crippen molar-refractivity contribution in [2.24, 2.45) is 10.8 Å². The van der Waals surface area contributed by atoms with E-state index in [2.05, 4.69) is 44.8 Å². The molecule has 0 aromatic heterocycles. The molecule has 1 rings (SSSR count). The van der Waals surface area contributed by atoms with Crippen LogP contribution in [0.3, 0.4) is 0 Å². The van der Waals surface area contributed by atoms with E-state index < -0.39 is 0 Å². The molecule has 1 fully saturated rings. The summed E-state index contributed by atoms with van der Waals surface area (Å²) in [5, 5.41) is 3.46. The maximum absolute atomic E-state index is 3.46. The van der Waals surface area contributed by atoms with E-state index in [0.29, 0.717) is 10.8 Å². The van der Waals surface area contributed by atoms with E-state index in [1.54, 1.807) is 0 Å². The third-order valence-corrected chi connectivity index (χ3v) is 3.26. The summed E-state index contributed by atoms with van der Waals surface area (Å²) in [7, 11) is 0. The van der Waals surface area contributed by atoms with Gasteiger partial charge in [-0.3, -0.25) is 0 Å². The third-order valence-electron chi connectivity index (χ3n) is 3.26. The van der Waals surface area contributed by atoms with Gasteiger partial charge in [0, 0.05) is 19.6 Å². The molecule has 0 atom stereocenters. The van der Waals surface area contributed by atoms with Crippen LogP contribution in [0.5, 0.6) is 0 Å². The number of nitrogens with one attached hydrogen (secondary N) is 1. The van der Waals surface area contributed by atoms with Gasteiger partial charge in [-0.25, -0.2) is 0 Å². The lowest BCUT2D eigenvalue weighted by atomic mass is 9.91. The molecule has 2 heteroatoms. The zero-order chi connectivity index (χ0) is 11.5. The molecule has 0 bridgehead atoms. The summed E-state index contributed by atoms with van der Waals surface area (Å²) in [6.07, 6.45) is 1.35. The summed E-state index contributed by atoms with van der Waals surface area (Å²) in [6, 6.07) is 0. The van der Waals surface area contributed by atoms with Gasteiger partial charge >= 0.3 is 0 Å². The van der Waals surface area contributed by atoms with E-state index in [-0.39, 0.29) is 0 Å². The predicted octanol–water partition coefficient (Wildman–Crippen LogP) is 2.35. The Kier molecular flexibility index (Phi) is 4.19. The van der Waals surface area contributed by atoms with Crippen molar-refractivity contribution in [3.8, 4) is 0 Å². The molecule has 0 unspecified atom stereocenters. The van der Waals surface area contributed by atoms with Gasteiger partial charge in [-0.2, -0.15) is 0 Å². The summed E-state index contributed by atoms with van der Waals surface area (Å²) in [4.78, 5) is 2.62. The lowest BCUT2D eigenvalue weighted by molar-refractivity contribution is 0.190. The van der Waals surface area contributed by atoms with E-state index >= 15 is 0 Å². The normalized spacial score (nSPS) is 22.2. The van der Waals surface area contributed by atoms with E-state index in [0.717, 1.165) is 13.1 Å². The fourth-order valence-corrected chi connectivity index (χ4v) is 2.48. The minimum atomic E-state index is 0.399. The molecular formula is C13H28N2. The molecule has 15 heavy (non-hydrogen) atoms. The molecule has 1 aliphatic rings. The van der Waals surface area contributed by atoms with Crippen molar-refractivity contribution in [1.82, 2.24) is 10.2 Å². The minimum absolute atomic E-state index is 0.399. The van der Waals surface area contributed by atoms with Gasteiger partial charge in [-0.15, -0.1) is 0 Å². The highest BCUT2D eigenvalue weighted by atomic mass is 15.2. The second kappa shape index (κ2) is 4.84. The van der Waals surface area contributed by atoms with Crippen LogP contribution in [0.4, 0.5) is 0 Å². The average Bonchev–Trinajstić information content (AvgIpc) is 2.41. The molecular weight excluding hydrogens is 184 g/mol. The van der Waals surface area contributed by atoms with Crippen LogP contribution in [0.15, 0.2) is 0 Å². The maximum Gasteiger partial charge on any atom is 0.00451 e. The number of hydrogen-bond donors (Lipinski definition) is 1.